The van der Waals surface area contributed by atoms with Gasteiger partial charge in [-0.25, -0.2) is 13.1 Å². The Morgan fingerprint density at radius 1 is 1.47 bits per heavy atom. The zero-order valence-corrected chi connectivity index (χ0v) is 10.6. The first-order valence-corrected chi connectivity index (χ1v) is 6.77. The van der Waals surface area contributed by atoms with Crippen LogP contribution in [0.1, 0.15) is 12.0 Å². The predicted octanol–water partition coefficient (Wildman–Crippen LogP) is 0.839. The number of halogens is 1. The van der Waals surface area contributed by atoms with Crippen LogP contribution in [0.2, 0.25) is 5.02 Å². The van der Waals surface area contributed by atoms with Crippen LogP contribution in [-0.4, -0.2) is 21.5 Å². The average molecular weight is 274 g/mol. The van der Waals surface area contributed by atoms with Gasteiger partial charge >= 0.3 is 0 Å². The standard InChI is InChI=1S/C10H12ClN3O2S/c11-9-6-8(7-13)2-3-10(9)17(15,16)14-5-1-4-12/h2-3,6,14H,1,4-5,12H2. The van der Waals surface area contributed by atoms with Gasteiger partial charge in [-0.1, -0.05) is 11.6 Å². The molecule has 1 aromatic carbocycles. The van der Waals surface area contributed by atoms with Gasteiger partial charge in [-0.15, -0.1) is 0 Å². The van der Waals surface area contributed by atoms with Crippen molar-refractivity contribution in [2.75, 3.05) is 13.1 Å². The highest BCUT2D eigenvalue weighted by atomic mass is 35.5. The lowest BCUT2D eigenvalue weighted by Crippen LogP contribution is -2.26. The lowest BCUT2D eigenvalue weighted by molar-refractivity contribution is 0.579. The maximum absolute atomic E-state index is 11.8. The van der Waals surface area contributed by atoms with Gasteiger partial charge < -0.3 is 5.73 Å². The van der Waals surface area contributed by atoms with Crippen LogP contribution >= 0.6 is 11.6 Å². The van der Waals surface area contributed by atoms with Crippen LogP contribution < -0.4 is 10.5 Å². The number of nitriles is 1. The van der Waals surface area contributed by atoms with Crippen molar-refractivity contribution in [3.8, 4) is 6.07 Å². The molecule has 17 heavy (non-hydrogen) atoms. The zero-order chi connectivity index (χ0) is 12.9. The molecule has 1 rings (SSSR count). The van der Waals surface area contributed by atoms with Crippen molar-refractivity contribution in [3.63, 3.8) is 0 Å². The van der Waals surface area contributed by atoms with Gasteiger partial charge in [0, 0.05) is 6.54 Å². The van der Waals surface area contributed by atoms with Crippen molar-refractivity contribution in [2.45, 2.75) is 11.3 Å². The Balaban J connectivity index is 2.96. The van der Waals surface area contributed by atoms with Gasteiger partial charge in [0.2, 0.25) is 10.0 Å². The monoisotopic (exact) mass is 273 g/mol. The molecule has 0 unspecified atom stereocenters. The average Bonchev–Trinajstić information content (AvgIpc) is 2.28. The molecular weight excluding hydrogens is 262 g/mol. The molecule has 0 saturated heterocycles. The topological polar surface area (TPSA) is 96.0 Å². The largest absolute Gasteiger partial charge is 0.330 e. The minimum atomic E-state index is -3.64. The third kappa shape index (κ3) is 3.68. The fourth-order valence-electron chi connectivity index (χ4n) is 1.17. The smallest absolute Gasteiger partial charge is 0.242 e. The molecule has 0 radical (unpaired) electrons. The van der Waals surface area contributed by atoms with Crippen molar-refractivity contribution in [1.29, 1.82) is 5.26 Å². The molecule has 0 bridgehead atoms. The van der Waals surface area contributed by atoms with E-state index in [1.54, 1.807) is 0 Å². The second-order valence-electron chi connectivity index (χ2n) is 3.30. The number of hydrogen-bond donors (Lipinski definition) is 2. The molecule has 0 fully saturated rings. The first kappa shape index (κ1) is 13.9. The minimum Gasteiger partial charge on any atom is -0.330 e. The summed E-state index contributed by atoms with van der Waals surface area (Å²) in [7, 11) is -3.64. The molecular formula is C10H12ClN3O2S. The van der Waals surface area contributed by atoms with E-state index < -0.39 is 10.0 Å². The van der Waals surface area contributed by atoms with E-state index in [9.17, 15) is 8.42 Å². The molecule has 0 heterocycles. The van der Waals surface area contributed by atoms with E-state index in [0.717, 1.165) is 0 Å². The van der Waals surface area contributed by atoms with E-state index in [0.29, 0.717) is 18.5 Å². The van der Waals surface area contributed by atoms with Crippen molar-refractivity contribution >= 4 is 21.6 Å². The molecule has 0 atom stereocenters. The predicted molar refractivity (Wildman–Crippen MR) is 65.0 cm³/mol. The van der Waals surface area contributed by atoms with E-state index in [4.69, 9.17) is 22.6 Å². The first-order valence-electron chi connectivity index (χ1n) is 4.90. The molecule has 0 saturated carbocycles. The van der Waals surface area contributed by atoms with Gasteiger partial charge in [0.05, 0.1) is 16.7 Å². The second kappa shape index (κ2) is 5.98. The summed E-state index contributed by atoms with van der Waals surface area (Å²) in [5.41, 5.74) is 5.58. The van der Waals surface area contributed by atoms with E-state index in [1.165, 1.54) is 18.2 Å². The van der Waals surface area contributed by atoms with Crippen LogP contribution in [0.15, 0.2) is 23.1 Å². The van der Waals surface area contributed by atoms with Crippen LogP contribution in [0, 0.1) is 11.3 Å². The van der Waals surface area contributed by atoms with Crippen LogP contribution in [0.5, 0.6) is 0 Å². The third-order valence-corrected chi connectivity index (χ3v) is 3.97. The molecule has 0 spiro atoms. The molecule has 0 aromatic heterocycles. The molecule has 0 aliphatic carbocycles. The Kier molecular flexibility index (Phi) is 4.90. The number of nitrogens with zero attached hydrogens (tertiary/aromatic N) is 1. The summed E-state index contributed by atoms with van der Waals surface area (Å²) >= 11 is 5.81. The van der Waals surface area contributed by atoms with Gasteiger partial charge in [-0.2, -0.15) is 5.26 Å². The summed E-state index contributed by atoms with van der Waals surface area (Å²) in [6, 6.07) is 5.92. The normalized spacial score (nSPS) is 11.1. The Morgan fingerprint density at radius 3 is 2.71 bits per heavy atom. The van der Waals surface area contributed by atoms with E-state index in [2.05, 4.69) is 4.72 Å². The number of sulfonamides is 1. The van der Waals surface area contributed by atoms with Crippen molar-refractivity contribution in [2.24, 2.45) is 5.73 Å². The molecule has 92 valence electrons. The lowest BCUT2D eigenvalue weighted by atomic mass is 10.2. The first-order chi connectivity index (χ1) is 8.01. The van der Waals surface area contributed by atoms with Crippen LogP contribution in [0.4, 0.5) is 0 Å². The molecule has 0 amide bonds. The summed E-state index contributed by atoms with van der Waals surface area (Å²) in [5.74, 6) is 0. The van der Waals surface area contributed by atoms with Gasteiger partial charge in [0.25, 0.3) is 0 Å². The lowest BCUT2D eigenvalue weighted by Gasteiger charge is -2.07. The quantitative estimate of drug-likeness (QED) is 0.777. The third-order valence-electron chi connectivity index (χ3n) is 2.02. The van der Waals surface area contributed by atoms with E-state index in [1.807, 2.05) is 6.07 Å². The second-order valence-corrected chi connectivity index (χ2v) is 5.44. The van der Waals surface area contributed by atoms with E-state index in [-0.39, 0.29) is 16.5 Å². The van der Waals surface area contributed by atoms with Gasteiger partial charge in [0.1, 0.15) is 4.90 Å². The highest BCUT2D eigenvalue weighted by Gasteiger charge is 2.17. The minimum absolute atomic E-state index is 0.0318. The summed E-state index contributed by atoms with van der Waals surface area (Å²) in [6.07, 6.45) is 0.549. The fourth-order valence-corrected chi connectivity index (χ4v) is 2.79. The van der Waals surface area contributed by atoms with Crippen LogP contribution in [-0.2, 0) is 10.0 Å². The Hall–Kier alpha value is -1.13. The number of nitrogens with two attached hydrogens (primary N) is 1. The Morgan fingerprint density at radius 2 is 2.18 bits per heavy atom. The van der Waals surface area contributed by atoms with Gasteiger partial charge in [-0.3, -0.25) is 0 Å². The SMILES string of the molecule is N#Cc1ccc(S(=O)(=O)NCCCN)c(Cl)c1. The number of nitrogens with one attached hydrogen (secondary N) is 1. The summed E-state index contributed by atoms with van der Waals surface area (Å²) < 4.78 is 26.0. The van der Waals surface area contributed by atoms with Crippen LogP contribution in [0.3, 0.4) is 0 Å². The molecule has 0 aliphatic rings. The Bertz CT molecular complexity index is 537. The van der Waals surface area contributed by atoms with Crippen molar-refractivity contribution in [3.05, 3.63) is 28.8 Å². The molecule has 3 N–H and O–H groups in total. The summed E-state index contributed by atoms with van der Waals surface area (Å²) in [5, 5.41) is 8.67. The highest BCUT2D eigenvalue weighted by Crippen LogP contribution is 2.22. The molecule has 0 aliphatic heterocycles. The highest BCUT2D eigenvalue weighted by molar-refractivity contribution is 7.89. The summed E-state index contributed by atoms with van der Waals surface area (Å²) in [6.45, 7) is 0.665. The molecule has 7 heteroatoms. The number of hydrogen-bond acceptors (Lipinski definition) is 4. The Labute approximate surface area is 105 Å². The van der Waals surface area contributed by atoms with Gasteiger partial charge in [-0.05, 0) is 31.2 Å². The maximum atomic E-state index is 11.8. The van der Waals surface area contributed by atoms with Gasteiger partial charge in [0.15, 0.2) is 0 Å². The maximum Gasteiger partial charge on any atom is 0.242 e. The van der Waals surface area contributed by atoms with Crippen molar-refractivity contribution in [1.82, 2.24) is 4.72 Å². The van der Waals surface area contributed by atoms with Crippen LogP contribution in [0.25, 0.3) is 0 Å². The van der Waals surface area contributed by atoms with E-state index >= 15 is 0 Å². The number of benzene rings is 1. The molecule has 5 nitrogen and oxygen atoms in total. The summed E-state index contributed by atoms with van der Waals surface area (Å²) in [4.78, 5) is -0.0322. The zero-order valence-electron chi connectivity index (χ0n) is 8.98. The van der Waals surface area contributed by atoms with Crippen molar-refractivity contribution < 1.29 is 8.42 Å². The fraction of sp³-hybridized carbons (Fsp3) is 0.300. The number of rotatable bonds is 5. The molecule has 1 aromatic rings.